The highest BCUT2D eigenvalue weighted by Gasteiger charge is 2.24. The van der Waals surface area contributed by atoms with E-state index in [1.807, 2.05) is 20.8 Å². The predicted molar refractivity (Wildman–Crippen MR) is 75.8 cm³/mol. The maximum absolute atomic E-state index is 12.5. The van der Waals surface area contributed by atoms with Crippen molar-refractivity contribution < 1.29 is 13.6 Å². The highest BCUT2D eigenvalue weighted by Crippen LogP contribution is 2.49. The van der Waals surface area contributed by atoms with Gasteiger partial charge in [-0.05, 0) is 44.0 Å². The third-order valence-electron chi connectivity index (χ3n) is 2.49. The van der Waals surface area contributed by atoms with Gasteiger partial charge in [0.2, 0.25) is 0 Å². The number of hydrogen-bond donors (Lipinski definition) is 0. The van der Waals surface area contributed by atoms with Crippen LogP contribution in [0, 0.1) is 6.92 Å². The molecule has 0 N–H and O–H groups in total. The Morgan fingerprint density at radius 1 is 1.33 bits per heavy atom. The molecule has 0 aliphatic rings. The first-order chi connectivity index (χ1) is 8.50. The van der Waals surface area contributed by atoms with Crippen molar-refractivity contribution in [3.8, 4) is 5.75 Å². The normalized spacial score (nSPS) is 14.2. The summed E-state index contributed by atoms with van der Waals surface area (Å²) in [5.41, 5.74) is 0.896. The third-order valence-corrected chi connectivity index (χ3v) is 4.91. The van der Waals surface area contributed by atoms with E-state index in [1.54, 1.807) is 18.2 Å². The number of halogens is 1. The summed E-state index contributed by atoms with van der Waals surface area (Å²) >= 11 is 5.94. The van der Waals surface area contributed by atoms with E-state index in [4.69, 9.17) is 20.6 Å². The minimum Gasteiger partial charge on any atom is -0.424 e. The molecule has 1 aromatic rings. The molecule has 0 saturated carbocycles. The molecule has 0 fully saturated rings. The molecule has 3 nitrogen and oxygen atoms in total. The van der Waals surface area contributed by atoms with E-state index in [0.29, 0.717) is 23.5 Å². The Morgan fingerprint density at radius 2 is 2.06 bits per heavy atom. The number of unbranched alkanes of at least 4 members (excludes halogenated alkanes) is 1. The van der Waals surface area contributed by atoms with E-state index in [0.717, 1.165) is 18.4 Å². The van der Waals surface area contributed by atoms with Gasteiger partial charge in [-0.2, -0.15) is 0 Å². The summed E-state index contributed by atoms with van der Waals surface area (Å²) in [6.07, 6.45) is 2.23. The Morgan fingerprint density at radius 3 is 2.61 bits per heavy atom. The van der Waals surface area contributed by atoms with Crippen LogP contribution in [0.5, 0.6) is 5.75 Å². The minimum absolute atomic E-state index is 0.383. The topological polar surface area (TPSA) is 35.5 Å². The van der Waals surface area contributed by atoms with E-state index in [2.05, 4.69) is 0 Å². The van der Waals surface area contributed by atoms with Gasteiger partial charge >= 0.3 is 7.60 Å². The van der Waals surface area contributed by atoms with Gasteiger partial charge in [-0.25, -0.2) is 4.57 Å². The van der Waals surface area contributed by atoms with Gasteiger partial charge in [0.25, 0.3) is 0 Å². The van der Waals surface area contributed by atoms with Gasteiger partial charge in [-0.1, -0.05) is 24.9 Å². The molecule has 1 rings (SSSR count). The van der Waals surface area contributed by atoms with Crippen LogP contribution in [0.2, 0.25) is 5.02 Å². The van der Waals surface area contributed by atoms with Crippen molar-refractivity contribution >= 4 is 19.2 Å². The van der Waals surface area contributed by atoms with E-state index >= 15 is 0 Å². The SMILES string of the molecule is CCCCP(=O)(OCC)Oc1ccc(Cl)c(C)c1. The van der Waals surface area contributed by atoms with Crippen molar-refractivity contribution in [1.82, 2.24) is 0 Å². The molecule has 0 aliphatic heterocycles. The maximum atomic E-state index is 12.5. The first-order valence-electron chi connectivity index (χ1n) is 6.20. The highest BCUT2D eigenvalue weighted by molar-refractivity contribution is 7.54. The quantitative estimate of drug-likeness (QED) is 0.659. The molecular weight excluding hydrogens is 271 g/mol. The molecule has 1 unspecified atom stereocenters. The predicted octanol–water partition coefficient (Wildman–Crippen LogP) is 5.06. The van der Waals surface area contributed by atoms with Crippen LogP contribution >= 0.6 is 19.2 Å². The van der Waals surface area contributed by atoms with Gasteiger partial charge in [0.1, 0.15) is 5.75 Å². The zero-order valence-electron chi connectivity index (χ0n) is 11.1. The lowest BCUT2D eigenvalue weighted by atomic mass is 10.2. The molecule has 0 spiro atoms. The lowest BCUT2D eigenvalue weighted by molar-refractivity contribution is 0.278. The second-order valence-corrected chi connectivity index (χ2v) is 6.63. The van der Waals surface area contributed by atoms with Gasteiger partial charge in [0, 0.05) is 5.02 Å². The Bertz CT molecular complexity index is 434. The average Bonchev–Trinajstić information content (AvgIpc) is 2.32. The van der Waals surface area contributed by atoms with E-state index in [9.17, 15) is 4.57 Å². The summed E-state index contributed by atoms with van der Waals surface area (Å²) in [6, 6.07) is 5.23. The summed E-state index contributed by atoms with van der Waals surface area (Å²) < 4.78 is 23.3. The van der Waals surface area contributed by atoms with Gasteiger partial charge in [-0.3, -0.25) is 0 Å². The van der Waals surface area contributed by atoms with Crippen LogP contribution in [0.4, 0.5) is 0 Å². The largest absolute Gasteiger partial charge is 0.424 e. The lowest BCUT2D eigenvalue weighted by Gasteiger charge is -2.18. The van der Waals surface area contributed by atoms with Crippen LogP contribution in [0.15, 0.2) is 18.2 Å². The fraction of sp³-hybridized carbons (Fsp3) is 0.538. The fourth-order valence-electron chi connectivity index (χ4n) is 1.52. The highest BCUT2D eigenvalue weighted by atomic mass is 35.5. The molecule has 0 aliphatic carbocycles. The molecule has 102 valence electrons. The lowest BCUT2D eigenvalue weighted by Crippen LogP contribution is -2.02. The van der Waals surface area contributed by atoms with Crippen molar-refractivity contribution in [3.05, 3.63) is 28.8 Å². The molecule has 0 amide bonds. The van der Waals surface area contributed by atoms with Crippen molar-refractivity contribution in [2.75, 3.05) is 12.8 Å². The molecule has 0 heterocycles. The summed E-state index contributed by atoms with van der Waals surface area (Å²) in [4.78, 5) is 0. The number of rotatable bonds is 7. The van der Waals surface area contributed by atoms with Crippen LogP contribution in [0.3, 0.4) is 0 Å². The molecule has 0 bridgehead atoms. The Hall–Kier alpha value is -0.500. The van der Waals surface area contributed by atoms with Crippen molar-refractivity contribution in [2.45, 2.75) is 33.6 Å². The van der Waals surface area contributed by atoms with Crippen LogP contribution in [-0.4, -0.2) is 12.8 Å². The molecule has 0 saturated heterocycles. The summed E-state index contributed by atoms with van der Waals surface area (Å²) in [5, 5.41) is 0.669. The van der Waals surface area contributed by atoms with Gasteiger partial charge in [0.05, 0.1) is 12.8 Å². The monoisotopic (exact) mass is 290 g/mol. The smallest absolute Gasteiger partial charge is 0.379 e. The molecule has 1 atom stereocenters. The van der Waals surface area contributed by atoms with Crippen molar-refractivity contribution in [2.24, 2.45) is 0 Å². The zero-order valence-corrected chi connectivity index (χ0v) is 12.8. The minimum atomic E-state index is -3.04. The van der Waals surface area contributed by atoms with Crippen LogP contribution in [-0.2, 0) is 9.09 Å². The number of aryl methyl sites for hydroxylation is 1. The third kappa shape index (κ3) is 4.64. The fourth-order valence-corrected chi connectivity index (χ4v) is 3.44. The van der Waals surface area contributed by atoms with Gasteiger partial charge < -0.3 is 9.05 Å². The second-order valence-electron chi connectivity index (χ2n) is 4.11. The van der Waals surface area contributed by atoms with E-state index < -0.39 is 7.60 Å². The van der Waals surface area contributed by atoms with Crippen molar-refractivity contribution in [1.29, 1.82) is 0 Å². The molecule has 0 radical (unpaired) electrons. The first kappa shape index (κ1) is 15.6. The molecule has 0 aromatic heterocycles. The number of benzene rings is 1. The number of hydrogen-bond acceptors (Lipinski definition) is 3. The standard InChI is InChI=1S/C13H20ClO3P/c1-4-6-9-18(15,16-5-2)17-12-7-8-13(14)11(3)10-12/h7-8,10H,4-6,9H2,1-3H3. The Labute approximate surface area is 114 Å². The molecule has 1 aromatic carbocycles. The zero-order chi connectivity index (χ0) is 13.6. The van der Waals surface area contributed by atoms with E-state index in [1.165, 1.54) is 0 Å². The van der Waals surface area contributed by atoms with Gasteiger partial charge in [-0.15, -0.1) is 0 Å². The van der Waals surface area contributed by atoms with Gasteiger partial charge in [0.15, 0.2) is 0 Å². The average molecular weight is 291 g/mol. The maximum Gasteiger partial charge on any atom is 0.379 e. The Kier molecular flexibility index (Phi) is 6.20. The van der Waals surface area contributed by atoms with Crippen LogP contribution in [0.25, 0.3) is 0 Å². The summed E-state index contributed by atoms with van der Waals surface area (Å²) in [6.45, 7) is 6.12. The molecule has 5 heteroatoms. The summed E-state index contributed by atoms with van der Waals surface area (Å²) in [5.74, 6) is 0.546. The molecule has 18 heavy (non-hydrogen) atoms. The Balaban J connectivity index is 2.82. The van der Waals surface area contributed by atoms with Crippen LogP contribution < -0.4 is 4.52 Å². The van der Waals surface area contributed by atoms with Crippen LogP contribution in [0.1, 0.15) is 32.3 Å². The van der Waals surface area contributed by atoms with Crippen molar-refractivity contribution in [3.63, 3.8) is 0 Å². The molecular formula is C13H20ClO3P. The first-order valence-corrected chi connectivity index (χ1v) is 8.30. The van der Waals surface area contributed by atoms with E-state index in [-0.39, 0.29) is 0 Å². The summed E-state index contributed by atoms with van der Waals surface area (Å²) in [7, 11) is -3.04. The second kappa shape index (κ2) is 7.18.